The van der Waals surface area contributed by atoms with Crippen LogP contribution in [0.1, 0.15) is 16.7 Å². The average Bonchev–Trinajstić information content (AvgIpc) is 3.09. The second kappa shape index (κ2) is 16.8. The number of benzene rings is 4. The summed E-state index contributed by atoms with van der Waals surface area (Å²) in [5.74, 6) is 2.33. The number of hydrogen-bond donors (Lipinski definition) is 1. The SMILES string of the molecule is COc1ccc(COC[C@H]2O[C@@H]([Se]c3ccccc3)[C@H](O)[C@@H](OCc3ccc(OC)cc3)[C@@H]2OCc2ccc(OC)cc2)cc1. The Kier molecular flexibility index (Phi) is 12.3. The van der Waals surface area contributed by atoms with Crippen molar-refractivity contribution >= 4 is 19.4 Å². The summed E-state index contributed by atoms with van der Waals surface area (Å²) in [5, 5.41) is 11.3. The van der Waals surface area contributed by atoms with Crippen molar-refractivity contribution in [1.29, 1.82) is 0 Å². The third-order valence-electron chi connectivity index (χ3n) is 7.52. The summed E-state index contributed by atoms with van der Waals surface area (Å²) in [4.78, 5) is 0. The molecule has 238 valence electrons. The van der Waals surface area contributed by atoms with Gasteiger partial charge in [-0.15, -0.1) is 0 Å². The first-order chi connectivity index (χ1) is 22.1. The number of rotatable bonds is 15. The number of methoxy groups -OCH3 is 3. The molecule has 1 heterocycles. The Labute approximate surface area is 271 Å². The molecule has 45 heavy (non-hydrogen) atoms. The summed E-state index contributed by atoms with van der Waals surface area (Å²) in [6.45, 7) is 1.24. The summed E-state index contributed by atoms with van der Waals surface area (Å²) < 4.78 is 42.9. The molecule has 1 aliphatic rings. The predicted octanol–water partition coefficient (Wildman–Crippen LogP) is 4.52. The Morgan fingerprint density at radius 1 is 0.600 bits per heavy atom. The van der Waals surface area contributed by atoms with Crippen LogP contribution in [0, 0.1) is 0 Å². The van der Waals surface area contributed by atoms with Crippen LogP contribution in [-0.2, 0) is 38.8 Å². The van der Waals surface area contributed by atoms with E-state index in [-0.39, 0.29) is 21.6 Å². The Hall–Kier alpha value is -3.40. The number of aliphatic hydroxyl groups is 1. The summed E-state index contributed by atoms with van der Waals surface area (Å²) in [7, 11) is 4.92. The van der Waals surface area contributed by atoms with Crippen LogP contribution in [0.3, 0.4) is 0 Å². The van der Waals surface area contributed by atoms with Gasteiger partial charge < -0.3 is 0 Å². The Morgan fingerprint density at radius 2 is 1.07 bits per heavy atom. The molecule has 5 atom stereocenters. The normalized spacial score (nSPS) is 21.3. The van der Waals surface area contributed by atoms with Gasteiger partial charge in [0.25, 0.3) is 0 Å². The molecule has 1 saturated heterocycles. The van der Waals surface area contributed by atoms with Gasteiger partial charge in [-0.2, -0.15) is 0 Å². The molecule has 4 aromatic rings. The van der Waals surface area contributed by atoms with Crippen LogP contribution in [0.15, 0.2) is 103 Å². The molecular weight excluding hydrogens is 639 g/mol. The van der Waals surface area contributed by atoms with Crippen LogP contribution < -0.4 is 18.7 Å². The van der Waals surface area contributed by atoms with E-state index in [9.17, 15) is 5.11 Å². The van der Waals surface area contributed by atoms with Crippen molar-refractivity contribution in [3.05, 3.63) is 120 Å². The van der Waals surface area contributed by atoms with E-state index in [0.29, 0.717) is 19.8 Å². The number of hydrogen-bond acceptors (Lipinski definition) is 8. The second-order valence-corrected chi connectivity index (χ2v) is 13.0. The first kappa shape index (κ1) is 33.0. The zero-order valence-electron chi connectivity index (χ0n) is 25.7. The zero-order chi connectivity index (χ0) is 31.4. The van der Waals surface area contributed by atoms with Crippen molar-refractivity contribution in [2.45, 2.75) is 49.2 Å². The van der Waals surface area contributed by atoms with E-state index >= 15 is 0 Å². The van der Waals surface area contributed by atoms with Gasteiger partial charge in [-0.1, -0.05) is 0 Å². The zero-order valence-corrected chi connectivity index (χ0v) is 27.5. The molecule has 1 aliphatic heterocycles. The third kappa shape index (κ3) is 9.31. The van der Waals surface area contributed by atoms with Crippen LogP contribution in [0.4, 0.5) is 0 Å². The Balaban J connectivity index is 1.37. The summed E-state index contributed by atoms with van der Waals surface area (Å²) in [6.07, 6.45) is -2.66. The van der Waals surface area contributed by atoms with Crippen LogP contribution in [0.25, 0.3) is 0 Å². The van der Waals surface area contributed by atoms with Gasteiger partial charge in [-0.05, 0) is 0 Å². The molecule has 0 spiro atoms. The fourth-order valence-electron chi connectivity index (χ4n) is 4.99. The van der Waals surface area contributed by atoms with Crippen LogP contribution in [0.2, 0.25) is 0 Å². The van der Waals surface area contributed by atoms with Gasteiger partial charge in [0.05, 0.1) is 0 Å². The van der Waals surface area contributed by atoms with Gasteiger partial charge in [0, 0.05) is 0 Å². The van der Waals surface area contributed by atoms with Gasteiger partial charge in [-0.3, -0.25) is 0 Å². The fraction of sp³-hybridized carbons (Fsp3) is 0.333. The monoisotopic (exact) mass is 680 g/mol. The molecule has 5 rings (SSSR count). The van der Waals surface area contributed by atoms with Crippen LogP contribution in [0.5, 0.6) is 17.2 Å². The molecule has 1 N–H and O–H groups in total. The molecule has 0 amide bonds. The molecule has 0 bridgehead atoms. The van der Waals surface area contributed by atoms with E-state index in [0.717, 1.165) is 38.4 Å². The molecule has 0 aromatic heterocycles. The van der Waals surface area contributed by atoms with Gasteiger partial charge in [0.1, 0.15) is 0 Å². The summed E-state index contributed by atoms with van der Waals surface area (Å²) in [6, 6.07) is 33.3. The molecule has 1 fully saturated rings. The second-order valence-electron chi connectivity index (χ2n) is 10.6. The van der Waals surface area contributed by atoms with E-state index < -0.39 is 29.4 Å². The minimum atomic E-state index is -0.915. The van der Waals surface area contributed by atoms with Crippen molar-refractivity contribution in [3.8, 4) is 17.2 Å². The van der Waals surface area contributed by atoms with E-state index in [1.807, 2.05) is 91.0 Å². The molecular formula is C36H40O8Se. The number of ether oxygens (including phenoxy) is 7. The standard InChI is InChI=1S/C36H40O8Se/c1-38-28-15-9-25(10-16-28)21-41-24-32-34(42-22-26-11-17-29(39-2)18-12-26)35(43-23-27-13-19-30(40-3)20-14-27)33(37)36(44-32)45-31-7-5-4-6-8-31/h4-20,32-37H,21-24H2,1-3H3/t32-,33-,34-,35-,36+/m1/s1. The number of aliphatic hydroxyl groups excluding tert-OH is 1. The molecule has 9 heteroatoms. The molecule has 0 aliphatic carbocycles. The van der Waals surface area contributed by atoms with Gasteiger partial charge in [0.15, 0.2) is 0 Å². The van der Waals surface area contributed by atoms with Crippen molar-refractivity contribution in [1.82, 2.24) is 0 Å². The first-order valence-corrected chi connectivity index (χ1v) is 16.7. The van der Waals surface area contributed by atoms with Crippen molar-refractivity contribution < 1.29 is 38.3 Å². The maximum absolute atomic E-state index is 11.8. The van der Waals surface area contributed by atoms with E-state index in [1.54, 1.807) is 21.3 Å². The van der Waals surface area contributed by atoms with E-state index in [1.165, 1.54) is 0 Å². The van der Waals surface area contributed by atoms with Gasteiger partial charge >= 0.3 is 272 Å². The van der Waals surface area contributed by atoms with Gasteiger partial charge in [0.2, 0.25) is 0 Å². The van der Waals surface area contributed by atoms with Crippen LogP contribution in [-0.4, -0.2) is 77.4 Å². The Bertz CT molecular complexity index is 1420. The molecule has 0 radical (unpaired) electrons. The van der Waals surface area contributed by atoms with E-state index in [4.69, 9.17) is 33.2 Å². The first-order valence-electron chi connectivity index (χ1n) is 14.8. The predicted molar refractivity (Wildman–Crippen MR) is 172 cm³/mol. The topological polar surface area (TPSA) is 84.8 Å². The fourth-order valence-corrected chi connectivity index (χ4v) is 7.25. The molecule has 0 unspecified atom stereocenters. The molecule has 0 saturated carbocycles. The van der Waals surface area contributed by atoms with Gasteiger partial charge in [-0.25, -0.2) is 0 Å². The Morgan fingerprint density at radius 3 is 1.56 bits per heavy atom. The minimum absolute atomic E-state index is 0.183. The third-order valence-corrected chi connectivity index (χ3v) is 9.97. The summed E-state index contributed by atoms with van der Waals surface area (Å²) in [5.41, 5.74) is 2.94. The van der Waals surface area contributed by atoms with Crippen LogP contribution >= 0.6 is 0 Å². The van der Waals surface area contributed by atoms with Crippen molar-refractivity contribution in [2.24, 2.45) is 0 Å². The maximum atomic E-state index is 11.8. The van der Waals surface area contributed by atoms with Crippen molar-refractivity contribution in [2.75, 3.05) is 27.9 Å². The molecule has 4 aromatic carbocycles. The van der Waals surface area contributed by atoms with E-state index in [2.05, 4.69) is 12.1 Å². The molecule has 8 nitrogen and oxygen atoms in total. The average molecular weight is 680 g/mol. The summed E-state index contributed by atoms with van der Waals surface area (Å²) >= 11 is -0.183. The quantitative estimate of drug-likeness (QED) is 0.184. The van der Waals surface area contributed by atoms with Crippen molar-refractivity contribution in [3.63, 3.8) is 0 Å².